The Balaban J connectivity index is 1.44. The average molecular weight is 629 g/mol. The Morgan fingerprint density at radius 2 is 1.67 bits per heavy atom. The van der Waals surface area contributed by atoms with Crippen LogP contribution in [0.15, 0.2) is 81.5 Å². The molecule has 0 bridgehead atoms. The molecule has 2 N–H and O–H groups in total. The molecule has 11 nitrogen and oxygen atoms in total. The van der Waals surface area contributed by atoms with E-state index in [1.54, 1.807) is 17.6 Å². The summed E-state index contributed by atoms with van der Waals surface area (Å²) in [7, 11) is -7.74. The van der Waals surface area contributed by atoms with Crippen LogP contribution in [0.25, 0.3) is 10.2 Å². The van der Waals surface area contributed by atoms with Gasteiger partial charge in [-0.1, -0.05) is 35.6 Å². The minimum atomic E-state index is -3.96. The van der Waals surface area contributed by atoms with Crippen LogP contribution in [-0.2, 0) is 49.1 Å². The highest BCUT2D eigenvalue weighted by molar-refractivity contribution is 7.89. The van der Waals surface area contributed by atoms with Crippen LogP contribution in [0.2, 0.25) is 0 Å². The van der Waals surface area contributed by atoms with E-state index in [0.717, 1.165) is 22.5 Å². The Morgan fingerprint density at radius 3 is 2.36 bits per heavy atom. The first-order chi connectivity index (χ1) is 20.0. The number of aryl methyl sites for hydroxylation is 1. The van der Waals surface area contributed by atoms with E-state index in [1.165, 1.54) is 40.7 Å². The number of fused-ring (bicyclic) bond motifs is 2. The lowest BCUT2D eigenvalue weighted by atomic mass is 10.0. The molecule has 1 aromatic heterocycles. The van der Waals surface area contributed by atoms with Gasteiger partial charge in [-0.25, -0.2) is 22.0 Å². The topological polar surface area (TPSA) is 158 Å². The van der Waals surface area contributed by atoms with Crippen molar-refractivity contribution in [3.63, 3.8) is 0 Å². The Hall–Kier alpha value is -3.69. The monoisotopic (exact) mass is 628 g/mol. The minimum Gasteiger partial charge on any atom is -0.466 e. The van der Waals surface area contributed by atoms with Crippen LogP contribution in [0.1, 0.15) is 34.8 Å². The molecular weight excluding hydrogens is 601 g/mol. The molecular formula is C28H28N4O7S3. The number of carbonyl (C=O) groups is 2. The van der Waals surface area contributed by atoms with Crippen molar-refractivity contribution in [2.75, 3.05) is 13.2 Å². The highest BCUT2D eigenvalue weighted by atomic mass is 32.2. The number of nitrogens with two attached hydrogens (primary N) is 1. The number of hydrogen-bond donors (Lipinski definition) is 1. The Kier molecular flexibility index (Phi) is 8.44. The molecule has 42 heavy (non-hydrogen) atoms. The second kappa shape index (κ2) is 11.9. The van der Waals surface area contributed by atoms with E-state index in [4.69, 9.17) is 9.88 Å². The van der Waals surface area contributed by atoms with Crippen molar-refractivity contribution in [2.45, 2.75) is 42.6 Å². The predicted molar refractivity (Wildman–Crippen MR) is 157 cm³/mol. The number of benzene rings is 3. The first kappa shape index (κ1) is 29.8. The van der Waals surface area contributed by atoms with Crippen LogP contribution in [0.4, 0.5) is 0 Å². The van der Waals surface area contributed by atoms with E-state index in [-0.39, 0.29) is 46.3 Å². The molecule has 0 unspecified atom stereocenters. The molecule has 220 valence electrons. The van der Waals surface area contributed by atoms with Crippen molar-refractivity contribution >= 4 is 53.5 Å². The average Bonchev–Trinajstić information content (AvgIpc) is 3.31. The molecule has 0 atom stereocenters. The van der Waals surface area contributed by atoms with E-state index >= 15 is 0 Å². The van der Waals surface area contributed by atoms with Crippen molar-refractivity contribution in [1.29, 1.82) is 0 Å². The number of rotatable bonds is 8. The molecule has 0 saturated heterocycles. The van der Waals surface area contributed by atoms with Crippen molar-refractivity contribution < 1.29 is 31.2 Å². The summed E-state index contributed by atoms with van der Waals surface area (Å²) in [5.74, 6) is -1.06. The zero-order valence-electron chi connectivity index (χ0n) is 22.6. The fraction of sp³-hybridized carbons (Fsp3) is 0.250. The lowest BCUT2D eigenvalue weighted by Gasteiger charge is -2.28. The number of nitrogens with zero attached hydrogens (tertiary/aromatic N) is 3. The third-order valence-corrected chi connectivity index (χ3v) is 10.7. The summed E-state index contributed by atoms with van der Waals surface area (Å²) < 4.78 is 58.9. The second-order valence-electron chi connectivity index (χ2n) is 9.56. The van der Waals surface area contributed by atoms with Crippen molar-refractivity contribution in [1.82, 2.24) is 8.87 Å². The molecule has 1 aliphatic heterocycles. The zero-order chi connectivity index (χ0) is 30.1. The number of carbonyl (C=O) groups excluding carboxylic acids is 2. The Morgan fingerprint density at radius 1 is 0.976 bits per heavy atom. The molecule has 0 aliphatic carbocycles. The van der Waals surface area contributed by atoms with Crippen molar-refractivity contribution in [3.8, 4) is 0 Å². The number of sulfonamides is 2. The van der Waals surface area contributed by atoms with E-state index < -0.39 is 31.9 Å². The van der Waals surface area contributed by atoms with Gasteiger partial charge in [0.1, 0.15) is 0 Å². The Bertz CT molecular complexity index is 1960. The normalized spacial score (nSPS) is 14.6. The maximum atomic E-state index is 13.3. The van der Waals surface area contributed by atoms with Crippen molar-refractivity contribution in [3.05, 3.63) is 88.2 Å². The van der Waals surface area contributed by atoms with Gasteiger partial charge in [-0.05, 0) is 66.9 Å². The van der Waals surface area contributed by atoms with Crippen LogP contribution in [0.5, 0.6) is 0 Å². The zero-order valence-corrected chi connectivity index (χ0v) is 25.0. The first-order valence-corrected chi connectivity index (χ1v) is 16.9. The van der Waals surface area contributed by atoms with Gasteiger partial charge in [0.15, 0.2) is 4.80 Å². The second-order valence-corrected chi connectivity index (χ2v) is 14.1. The van der Waals surface area contributed by atoms with Gasteiger partial charge in [0.2, 0.25) is 20.0 Å². The summed E-state index contributed by atoms with van der Waals surface area (Å²) in [6.07, 6.45) is 0.625. The lowest BCUT2D eigenvalue weighted by molar-refractivity contribution is -0.143. The highest BCUT2D eigenvalue weighted by Crippen LogP contribution is 2.26. The summed E-state index contributed by atoms with van der Waals surface area (Å²) in [4.78, 5) is 29.6. The van der Waals surface area contributed by atoms with Gasteiger partial charge in [-0.15, -0.1) is 0 Å². The van der Waals surface area contributed by atoms with Gasteiger partial charge in [-0.3, -0.25) is 9.59 Å². The van der Waals surface area contributed by atoms with Gasteiger partial charge < -0.3 is 9.30 Å². The standard InChI is InChI=1S/C28H28N4O7S3/c1-2-39-26(33)14-16-32-24-12-11-23(41(29,35)36)17-25(24)40-28(32)30-27(34)20-7-9-22(10-8-20)42(37,38)31-15-13-19-5-3-4-6-21(19)18-31/h3-12,17H,2,13-16,18H2,1H3,(H2,29,35,36). The molecule has 0 spiro atoms. The van der Waals surface area contributed by atoms with E-state index in [2.05, 4.69) is 4.99 Å². The lowest BCUT2D eigenvalue weighted by Crippen LogP contribution is -2.35. The van der Waals surface area contributed by atoms with Crippen LogP contribution >= 0.6 is 11.3 Å². The van der Waals surface area contributed by atoms with Crippen molar-refractivity contribution in [2.24, 2.45) is 10.1 Å². The highest BCUT2D eigenvalue weighted by Gasteiger charge is 2.28. The van der Waals surface area contributed by atoms with Gasteiger partial charge >= 0.3 is 5.97 Å². The third kappa shape index (κ3) is 6.22. The van der Waals surface area contributed by atoms with Crippen LogP contribution in [-0.4, -0.2) is 50.7 Å². The molecule has 0 saturated carbocycles. The van der Waals surface area contributed by atoms with Crippen LogP contribution in [0.3, 0.4) is 0 Å². The van der Waals surface area contributed by atoms with Gasteiger partial charge in [0.05, 0.1) is 33.0 Å². The molecule has 4 aromatic rings. The van der Waals surface area contributed by atoms with Gasteiger partial charge in [-0.2, -0.15) is 9.30 Å². The molecule has 3 aromatic carbocycles. The van der Waals surface area contributed by atoms with E-state index in [0.29, 0.717) is 23.2 Å². The van der Waals surface area contributed by atoms with E-state index in [9.17, 15) is 26.4 Å². The fourth-order valence-corrected chi connectivity index (χ4v) is 7.84. The van der Waals surface area contributed by atoms with Gasteiger partial charge in [0.25, 0.3) is 5.91 Å². The maximum Gasteiger partial charge on any atom is 0.307 e. The van der Waals surface area contributed by atoms with E-state index in [1.807, 2.05) is 24.3 Å². The fourth-order valence-electron chi connectivity index (χ4n) is 4.71. The quantitative estimate of drug-likeness (QED) is 0.294. The molecule has 1 amide bonds. The summed E-state index contributed by atoms with van der Waals surface area (Å²) in [5, 5.41) is 5.28. The number of esters is 1. The summed E-state index contributed by atoms with van der Waals surface area (Å²) >= 11 is 1.06. The predicted octanol–water partition coefficient (Wildman–Crippen LogP) is 2.79. The van der Waals surface area contributed by atoms with Crippen LogP contribution < -0.4 is 9.94 Å². The molecule has 0 radical (unpaired) electrons. The SMILES string of the molecule is CCOC(=O)CCn1c(=NC(=O)c2ccc(S(=O)(=O)N3CCc4ccccc4C3)cc2)sc2cc(S(N)(=O)=O)ccc21. The molecule has 14 heteroatoms. The Labute approximate surface area is 247 Å². The number of hydrogen-bond acceptors (Lipinski definition) is 8. The first-order valence-electron chi connectivity index (χ1n) is 13.1. The number of primary sulfonamides is 1. The molecule has 5 rings (SSSR count). The van der Waals surface area contributed by atoms with Crippen LogP contribution in [0, 0.1) is 0 Å². The number of thiazole rings is 1. The third-order valence-electron chi connectivity index (χ3n) is 6.86. The summed E-state index contributed by atoms with van der Waals surface area (Å²) in [6, 6.07) is 17.6. The summed E-state index contributed by atoms with van der Waals surface area (Å²) in [6.45, 7) is 2.69. The largest absolute Gasteiger partial charge is 0.466 e. The smallest absolute Gasteiger partial charge is 0.307 e. The molecule has 1 aliphatic rings. The maximum absolute atomic E-state index is 13.3. The summed E-state index contributed by atoms with van der Waals surface area (Å²) in [5.41, 5.74) is 2.83. The number of ether oxygens (including phenoxy) is 1. The molecule has 2 heterocycles. The molecule has 0 fully saturated rings. The van der Waals surface area contributed by atoms with Gasteiger partial charge in [0, 0.05) is 25.2 Å². The minimum absolute atomic E-state index is 0.00548. The number of amides is 1. The number of aromatic nitrogens is 1.